The van der Waals surface area contributed by atoms with Crippen molar-refractivity contribution < 1.29 is 14.3 Å². The van der Waals surface area contributed by atoms with E-state index in [1.165, 1.54) is 12.8 Å². The number of hydrogen-bond donors (Lipinski definition) is 2. The number of likely N-dealkylation sites (tertiary alicyclic amines) is 1. The fraction of sp³-hybridized carbons (Fsp3) is 0.842. The molecule has 0 radical (unpaired) electrons. The summed E-state index contributed by atoms with van der Waals surface area (Å²) in [6.07, 6.45) is 6.82. The first kappa shape index (κ1) is 20.5. The van der Waals surface area contributed by atoms with Gasteiger partial charge >= 0.3 is 5.97 Å². The van der Waals surface area contributed by atoms with E-state index in [4.69, 9.17) is 4.74 Å². The molecule has 0 aromatic rings. The van der Waals surface area contributed by atoms with Gasteiger partial charge in [-0.2, -0.15) is 0 Å². The first-order valence-electron chi connectivity index (χ1n) is 10.1. The summed E-state index contributed by atoms with van der Waals surface area (Å²) in [7, 11) is 0. The SMILES string of the molecule is CCNC(=NCCC(=O)NC1CCCC1)N1CCCC(C(=O)OCC)C1. The van der Waals surface area contributed by atoms with Gasteiger partial charge in [0.05, 0.1) is 19.1 Å². The lowest BCUT2D eigenvalue weighted by Gasteiger charge is -2.34. The molecule has 0 aromatic heterocycles. The predicted octanol–water partition coefficient (Wildman–Crippen LogP) is 1.68. The van der Waals surface area contributed by atoms with E-state index in [0.717, 1.165) is 44.7 Å². The van der Waals surface area contributed by atoms with Gasteiger partial charge in [-0.1, -0.05) is 12.8 Å². The highest BCUT2D eigenvalue weighted by atomic mass is 16.5. The Labute approximate surface area is 156 Å². The first-order chi connectivity index (χ1) is 12.6. The molecule has 0 bridgehead atoms. The van der Waals surface area contributed by atoms with Gasteiger partial charge in [-0.15, -0.1) is 0 Å². The fourth-order valence-corrected chi connectivity index (χ4v) is 3.68. The molecule has 7 heteroatoms. The van der Waals surface area contributed by atoms with Crippen LogP contribution >= 0.6 is 0 Å². The lowest BCUT2D eigenvalue weighted by Crippen LogP contribution is -2.48. The van der Waals surface area contributed by atoms with E-state index < -0.39 is 0 Å². The number of ether oxygens (including phenoxy) is 1. The second-order valence-corrected chi connectivity index (χ2v) is 7.07. The minimum absolute atomic E-state index is 0.0829. The van der Waals surface area contributed by atoms with Crippen LogP contribution in [0.15, 0.2) is 4.99 Å². The van der Waals surface area contributed by atoms with E-state index in [9.17, 15) is 9.59 Å². The molecule has 1 heterocycles. The first-order valence-corrected chi connectivity index (χ1v) is 10.1. The summed E-state index contributed by atoms with van der Waals surface area (Å²) in [5, 5.41) is 6.38. The van der Waals surface area contributed by atoms with Gasteiger partial charge in [0, 0.05) is 32.1 Å². The number of carbonyl (C=O) groups excluding carboxylic acids is 2. The number of carbonyl (C=O) groups is 2. The summed E-state index contributed by atoms with van der Waals surface area (Å²) in [5.74, 6) is 0.650. The van der Waals surface area contributed by atoms with Crippen molar-refractivity contribution in [2.45, 2.75) is 64.8 Å². The van der Waals surface area contributed by atoms with Gasteiger partial charge in [-0.05, 0) is 39.5 Å². The summed E-state index contributed by atoms with van der Waals surface area (Å²) in [6.45, 7) is 6.99. The van der Waals surface area contributed by atoms with Crippen LogP contribution in [-0.2, 0) is 14.3 Å². The van der Waals surface area contributed by atoms with Crippen LogP contribution in [0.2, 0.25) is 0 Å². The van der Waals surface area contributed by atoms with E-state index in [0.29, 0.717) is 32.2 Å². The van der Waals surface area contributed by atoms with Crippen molar-refractivity contribution in [3.8, 4) is 0 Å². The Morgan fingerprint density at radius 3 is 2.62 bits per heavy atom. The van der Waals surface area contributed by atoms with Crippen LogP contribution in [0.5, 0.6) is 0 Å². The molecule has 1 aliphatic carbocycles. The Bertz CT molecular complexity index is 489. The lowest BCUT2D eigenvalue weighted by molar-refractivity contribution is -0.149. The summed E-state index contributed by atoms with van der Waals surface area (Å²) in [4.78, 5) is 30.8. The van der Waals surface area contributed by atoms with Gasteiger partial charge in [0.25, 0.3) is 0 Å². The van der Waals surface area contributed by atoms with Crippen LogP contribution in [0.1, 0.15) is 58.8 Å². The van der Waals surface area contributed by atoms with Crippen LogP contribution in [0, 0.1) is 5.92 Å². The number of hydrogen-bond acceptors (Lipinski definition) is 4. The topological polar surface area (TPSA) is 83.0 Å². The standard InChI is InChI=1S/C19H34N4O3/c1-3-20-19(21-12-11-17(24)22-16-9-5-6-10-16)23-13-7-8-15(14-23)18(25)26-4-2/h15-16H,3-14H2,1-2H3,(H,20,21)(H,22,24). The maximum absolute atomic E-state index is 12.1. The number of esters is 1. The quantitative estimate of drug-likeness (QED) is 0.407. The highest BCUT2D eigenvalue weighted by molar-refractivity contribution is 5.82. The van der Waals surface area contributed by atoms with Crippen LogP contribution in [-0.4, -0.2) is 61.6 Å². The number of amides is 1. The molecule has 1 amide bonds. The highest BCUT2D eigenvalue weighted by Crippen LogP contribution is 2.19. The van der Waals surface area contributed by atoms with Crippen molar-refractivity contribution >= 4 is 17.8 Å². The summed E-state index contributed by atoms with van der Waals surface area (Å²) in [6, 6.07) is 0.354. The molecule has 2 aliphatic rings. The van der Waals surface area contributed by atoms with Crippen molar-refractivity contribution in [2.75, 3.05) is 32.8 Å². The van der Waals surface area contributed by atoms with Crippen molar-refractivity contribution in [2.24, 2.45) is 10.9 Å². The third-order valence-electron chi connectivity index (χ3n) is 5.00. The van der Waals surface area contributed by atoms with E-state index in [-0.39, 0.29) is 17.8 Å². The van der Waals surface area contributed by atoms with Gasteiger partial charge in [-0.25, -0.2) is 0 Å². The second-order valence-electron chi connectivity index (χ2n) is 7.07. The van der Waals surface area contributed by atoms with Gasteiger partial charge < -0.3 is 20.3 Å². The number of rotatable bonds is 7. The fourth-order valence-electron chi connectivity index (χ4n) is 3.68. The zero-order valence-corrected chi connectivity index (χ0v) is 16.3. The number of nitrogens with one attached hydrogen (secondary N) is 2. The smallest absolute Gasteiger partial charge is 0.310 e. The Hall–Kier alpha value is -1.79. The average molecular weight is 367 g/mol. The predicted molar refractivity (Wildman–Crippen MR) is 102 cm³/mol. The van der Waals surface area contributed by atoms with Gasteiger partial charge in [0.15, 0.2) is 5.96 Å². The minimum atomic E-state index is -0.121. The third kappa shape index (κ3) is 6.50. The van der Waals surface area contributed by atoms with E-state index >= 15 is 0 Å². The maximum atomic E-state index is 12.1. The Morgan fingerprint density at radius 1 is 1.15 bits per heavy atom. The van der Waals surface area contributed by atoms with Crippen molar-refractivity contribution in [1.82, 2.24) is 15.5 Å². The zero-order chi connectivity index (χ0) is 18.8. The summed E-state index contributed by atoms with van der Waals surface area (Å²) >= 11 is 0. The molecule has 26 heavy (non-hydrogen) atoms. The average Bonchev–Trinajstić information content (AvgIpc) is 3.14. The highest BCUT2D eigenvalue weighted by Gasteiger charge is 2.28. The van der Waals surface area contributed by atoms with Crippen LogP contribution in [0.3, 0.4) is 0 Å². The Morgan fingerprint density at radius 2 is 1.92 bits per heavy atom. The molecule has 7 nitrogen and oxygen atoms in total. The number of nitrogens with zero attached hydrogens (tertiary/aromatic N) is 2. The van der Waals surface area contributed by atoms with E-state index in [1.807, 2.05) is 13.8 Å². The normalized spacial score (nSPS) is 21.5. The number of piperidine rings is 1. The molecule has 2 fully saturated rings. The Kier molecular flexibility index (Phi) is 8.71. The van der Waals surface area contributed by atoms with E-state index in [1.54, 1.807) is 0 Å². The van der Waals surface area contributed by atoms with Crippen molar-refractivity contribution in [1.29, 1.82) is 0 Å². The molecule has 1 saturated carbocycles. The number of guanidine groups is 1. The van der Waals surface area contributed by atoms with Gasteiger partial charge in [-0.3, -0.25) is 14.6 Å². The molecule has 1 saturated heterocycles. The second kappa shape index (κ2) is 11.0. The van der Waals surface area contributed by atoms with Crippen LogP contribution < -0.4 is 10.6 Å². The molecular weight excluding hydrogens is 332 g/mol. The lowest BCUT2D eigenvalue weighted by atomic mass is 9.98. The third-order valence-corrected chi connectivity index (χ3v) is 5.00. The van der Waals surface area contributed by atoms with Crippen molar-refractivity contribution in [3.05, 3.63) is 0 Å². The molecular formula is C19H34N4O3. The molecule has 2 rings (SSSR count). The zero-order valence-electron chi connectivity index (χ0n) is 16.3. The number of aliphatic imine (C=N–C) groups is 1. The molecule has 1 aliphatic heterocycles. The molecule has 1 unspecified atom stereocenters. The van der Waals surface area contributed by atoms with Crippen LogP contribution in [0.4, 0.5) is 0 Å². The maximum Gasteiger partial charge on any atom is 0.310 e. The molecule has 0 aromatic carbocycles. The Balaban J connectivity index is 1.84. The molecule has 0 spiro atoms. The monoisotopic (exact) mass is 366 g/mol. The van der Waals surface area contributed by atoms with Gasteiger partial charge in [0.1, 0.15) is 0 Å². The van der Waals surface area contributed by atoms with Gasteiger partial charge in [0.2, 0.25) is 5.91 Å². The molecule has 2 N–H and O–H groups in total. The van der Waals surface area contributed by atoms with Crippen molar-refractivity contribution in [3.63, 3.8) is 0 Å². The molecule has 1 atom stereocenters. The van der Waals surface area contributed by atoms with Crippen LogP contribution in [0.25, 0.3) is 0 Å². The summed E-state index contributed by atoms with van der Waals surface area (Å²) in [5.41, 5.74) is 0. The minimum Gasteiger partial charge on any atom is -0.466 e. The molecule has 148 valence electrons. The largest absolute Gasteiger partial charge is 0.466 e. The van der Waals surface area contributed by atoms with E-state index in [2.05, 4.69) is 20.5 Å². The summed E-state index contributed by atoms with van der Waals surface area (Å²) < 4.78 is 5.17.